The molecule has 0 radical (unpaired) electrons. The third-order valence-corrected chi connectivity index (χ3v) is 9.81. The van der Waals surface area contributed by atoms with Crippen molar-refractivity contribution < 1.29 is 9.84 Å². The van der Waals surface area contributed by atoms with Crippen LogP contribution < -0.4 is 15.0 Å². The average molecular weight is 550 g/mol. The number of phenols is 1. The Morgan fingerprint density at radius 1 is 0.976 bits per heavy atom. The Kier molecular flexibility index (Phi) is 6.26. The lowest BCUT2D eigenvalue weighted by Crippen LogP contribution is -2.51. The smallest absolute Gasteiger partial charge is 0.216 e. The van der Waals surface area contributed by atoms with Crippen molar-refractivity contribution in [2.24, 2.45) is 5.41 Å². The highest BCUT2D eigenvalue weighted by Gasteiger charge is 2.45. The van der Waals surface area contributed by atoms with E-state index in [4.69, 9.17) is 14.7 Å². The van der Waals surface area contributed by atoms with Crippen molar-refractivity contribution in [1.29, 1.82) is 0 Å². The molecule has 2 aromatic heterocycles. The van der Waals surface area contributed by atoms with Crippen molar-refractivity contribution >= 4 is 27.5 Å². The standard InChI is InChI=1S/C34H39N5O2/c40-27-14-23-6-2-3-7-28(23)29(16-27)24-15-30-33(35-18-24)31(39-19-25-8-9-26(20-39)36-25)17-32(37-30)41-22-34(10-11-34)21-38-12-4-1-5-13-38/h2-3,6-7,14-18,25-26,36,40H,1,4-5,8-13,19-22H2. The van der Waals surface area contributed by atoms with E-state index in [1.807, 2.05) is 36.5 Å². The summed E-state index contributed by atoms with van der Waals surface area (Å²) in [6, 6.07) is 17.1. The molecule has 212 valence electrons. The van der Waals surface area contributed by atoms with Crippen molar-refractivity contribution in [3.05, 3.63) is 54.7 Å². The molecule has 7 nitrogen and oxygen atoms in total. The van der Waals surface area contributed by atoms with E-state index < -0.39 is 0 Å². The molecule has 5 heterocycles. The minimum atomic E-state index is 0.254. The predicted molar refractivity (Wildman–Crippen MR) is 164 cm³/mol. The summed E-state index contributed by atoms with van der Waals surface area (Å²) in [7, 11) is 0. The van der Waals surface area contributed by atoms with Gasteiger partial charge in [0.1, 0.15) is 11.3 Å². The zero-order valence-electron chi connectivity index (χ0n) is 23.7. The van der Waals surface area contributed by atoms with Crippen LogP contribution in [0.4, 0.5) is 5.69 Å². The number of anilines is 1. The van der Waals surface area contributed by atoms with E-state index in [-0.39, 0.29) is 11.2 Å². The van der Waals surface area contributed by atoms with Crippen molar-refractivity contribution in [2.75, 3.05) is 44.2 Å². The zero-order valence-corrected chi connectivity index (χ0v) is 23.7. The number of ether oxygens (including phenoxy) is 1. The molecule has 0 spiro atoms. The zero-order chi connectivity index (χ0) is 27.4. The Labute approximate surface area is 241 Å². The molecule has 4 aliphatic rings. The van der Waals surface area contributed by atoms with Gasteiger partial charge in [-0.15, -0.1) is 0 Å². The number of aromatic nitrogens is 2. The summed E-state index contributed by atoms with van der Waals surface area (Å²) in [5.74, 6) is 0.951. The first-order valence-corrected chi connectivity index (χ1v) is 15.5. The van der Waals surface area contributed by atoms with Gasteiger partial charge in [-0.05, 0) is 86.1 Å². The third kappa shape index (κ3) is 4.99. The second-order valence-electron chi connectivity index (χ2n) is 13.0. The minimum absolute atomic E-state index is 0.254. The number of rotatable bonds is 7. The van der Waals surface area contributed by atoms with E-state index in [0.717, 1.165) is 64.9 Å². The average Bonchev–Trinajstić information content (AvgIpc) is 3.68. The third-order valence-electron chi connectivity index (χ3n) is 9.81. The number of piperazine rings is 1. The maximum Gasteiger partial charge on any atom is 0.216 e. The first-order chi connectivity index (χ1) is 20.1. The molecule has 8 rings (SSSR count). The van der Waals surface area contributed by atoms with Crippen LogP contribution in [0, 0.1) is 5.41 Å². The number of likely N-dealkylation sites (tertiary alicyclic amines) is 1. The fourth-order valence-electron chi connectivity index (χ4n) is 7.41. The Hall–Kier alpha value is -3.42. The van der Waals surface area contributed by atoms with Gasteiger partial charge >= 0.3 is 0 Å². The number of benzene rings is 2. The number of nitrogens with zero attached hydrogens (tertiary/aromatic N) is 4. The van der Waals surface area contributed by atoms with Crippen molar-refractivity contribution in [2.45, 2.75) is 57.0 Å². The Morgan fingerprint density at radius 3 is 2.59 bits per heavy atom. The van der Waals surface area contributed by atoms with Gasteiger partial charge < -0.3 is 25.0 Å². The minimum Gasteiger partial charge on any atom is -0.508 e. The molecule has 2 unspecified atom stereocenters. The van der Waals surface area contributed by atoms with E-state index in [9.17, 15) is 5.11 Å². The molecular formula is C34H39N5O2. The Morgan fingerprint density at radius 2 is 1.78 bits per heavy atom. The van der Waals surface area contributed by atoms with E-state index >= 15 is 0 Å². The summed E-state index contributed by atoms with van der Waals surface area (Å²) in [6.45, 7) is 6.28. The van der Waals surface area contributed by atoms with Crippen LogP contribution in [0.1, 0.15) is 44.9 Å². The van der Waals surface area contributed by atoms with Crippen LogP contribution >= 0.6 is 0 Å². The number of aromatic hydroxyl groups is 1. The number of hydrogen-bond donors (Lipinski definition) is 2. The molecular weight excluding hydrogens is 510 g/mol. The van der Waals surface area contributed by atoms with Crippen molar-refractivity contribution in [1.82, 2.24) is 20.2 Å². The quantitative estimate of drug-likeness (QED) is 0.305. The summed E-state index contributed by atoms with van der Waals surface area (Å²) in [4.78, 5) is 15.2. The first kappa shape index (κ1) is 25.3. The highest BCUT2D eigenvalue weighted by Crippen LogP contribution is 2.47. The van der Waals surface area contributed by atoms with Gasteiger partial charge in [0.15, 0.2) is 0 Å². The van der Waals surface area contributed by atoms with Crippen LogP contribution in [0.15, 0.2) is 54.7 Å². The maximum absolute atomic E-state index is 10.5. The van der Waals surface area contributed by atoms with Crippen LogP contribution in [0.5, 0.6) is 11.6 Å². The van der Waals surface area contributed by atoms with E-state index in [1.165, 1.54) is 58.0 Å². The summed E-state index contributed by atoms with van der Waals surface area (Å²) < 4.78 is 6.57. The number of phenolic OH excluding ortho intramolecular Hbond substituents is 1. The van der Waals surface area contributed by atoms with Crippen LogP contribution in [0.25, 0.3) is 32.9 Å². The molecule has 2 aromatic carbocycles. The molecule has 0 amide bonds. The molecule has 2 bridgehead atoms. The molecule has 7 heteroatoms. The molecule has 2 N–H and O–H groups in total. The number of hydrogen-bond acceptors (Lipinski definition) is 7. The van der Waals surface area contributed by atoms with Gasteiger partial charge in [-0.2, -0.15) is 0 Å². The van der Waals surface area contributed by atoms with Gasteiger partial charge in [0.2, 0.25) is 5.88 Å². The SMILES string of the molecule is Oc1cc(-c2cnc3c(N4CC5CCC(C4)N5)cc(OCC4(CN5CCCCC5)CC4)nc3c2)c2ccccc2c1. The fraction of sp³-hybridized carbons (Fsp3) is 0.471. The van der Waals surface area contributed by atoms with E-state index in [1.54, 1.807) is 0 Å². The Balaban J connectivity index is 1.16. The molecule has 1 aliphatic carbocycles. The lowest BCUT2D eigenvalue weighted by atomic mass is 9.98. The predicted octanol–water partition coefficient (Wildman–Crippen LogP) is 5.74. The van der Waals surface area contributed by atoms with Gasteiger partial charge in [-0.1, -0.05) is 30.7 Å². The van der Waals surface area contributed by atoms with Gasteiger partial charge in [-0.3, -0.25) is 4.98 Å². The fourth-order valence-corrected chi connectivity index (χ4v) is 7.41. The van der Waals surface area contributed by atoms with Gasteiger partial charge in [0.25, 0.3) is 0 Å². The molecule has 3 aliphatic heterocycles. The van der Waals surface area contributed by atoms with Gasteiger partial charge in [0, 0.05) is 55.0 Å². The topological polar surface area (TPSA) is 73.8 Å². The summed E-state index contributed by atoms with van der Waals surface area (Å²) in [6.07, 6.45) is 10.9. The second kappa shape index (κ2) is 10.1. The number of pyridine rings is 2. The molecule has 4 aromatic rings. The summed E-state index contributed by atoms with van der Waals surface area (Å²) in [5, 5.41) is 16.4. The van der Waals surface area contributed by atoms with Crippen molar-refractivity contribution in [3.63, 3.8) is 0 Å². The first-order valence-electron chi connectivity index (χ1n) is 15.5. The number of fused-ring (bicyclic) bond motifs is 4. The van der Waals surface area contributed by atoms with Crippen LogP contribution in [0.3, 0.4) is 0 Å². The molecule has 41 heavy (non-hydrogen) atoms. The lowest BCUT2D eigenvalue weighted by Gasteiger charge is -2.35. The largest absolute Gasteiger partial charge is 0.508 e. The molecule has 1 saturated carbocycles. The molecule has 2 atom stereocenters. The maximum atomic E-state index is 10.5. The molecule has 4 fully saturated rings. The second-order valence-corrected chi connectivity index (χ2v) is 13.0. The summed E-state index contributed by atoms with van der Waals surface area (Å²) in [5.41, 5.74) is 5.06. The summed E-state index contributed by atoms with van der Waals surface area (Å²) >= 11 is 0. The highest BCUT2D eigenvalue weighted by molar-refractivity contribution is 6.00. The number of nitrogens with one attached hydrogen (secondary N) is 1. The van der Waals surface area contributed by atoms with Gasteiger partial charge in [0.05, 0.1) is 17.8 Å². The van der Waals surface area contributed by atoms with E-state index in [2.05, 4.69) is 33.3 Å². The van der Waals surface area contributed by atoms with Gasteiger partial charge in [-0.25, -0.2) is 4.98 Å². The molecule has 3 saturated heterocycles. The lowest BCUT2D eigenvalue weighted by molar-refractivity contribution is 0.141. The Bertz CT molecular complexity index is 1580. The number of piperidine rings is 1. The van der Waals surface area contributed by atoms with Crippen molar-refractivity contribution in [3.8, 4) is 22.8 Å². The van der Waals surface area contributed by atoms with E-state index in [0.29, 0.717) is 18.0 Å². The normalized spacial score (nSPS) is 23.8. The van der Waals surface area contributed by atoms with Crippen LogP contribution in [0.2, 0.25) is 0 Å². The van der Waals surface area contributed by atoms with Crippen LogP contribution in [-0.2, 0) is 0 Å². The highest BCUT2D eigenvalue weighted by atomic mass is 16.5. The van der Waals surface area contributed by atoms with Crippen LogP contribution in [-0.4, -0.2) is 71.4 Å². The monoisotopic (exact) mass is 549 g/mol.